The summed E-state index contributed by atoms with van der Waals surface area (Å²) in [6, 6.07) is 5.03. The molecule has 33 heavy (non-hydrogen) atoms. The van der Waals surface area contributed by atoms with Gasteiger partial charge in [-0.25, -0.2) is 4.79 Å². The third-order valence-electron chi connectivity index (χ3n) is 5.03. The number of aromatic nitrogens is 2. The zero-order valence-corrected chi connectivity index (χ0v) is 19.1. The van der Waals surface area contributed by atoms with Crippen molar-refractivity contribution in [2.45, 2.75) is 58.4 Å². The maximum Gasteiger partial charge on any atom is 0.416 e. The fraction of sp³-hybridized carbons (Fsp3) is 0.458. The van der Waals surface area contributed by atoms with Crippen molar-refractivity contribution in [3.63, 3.8) is 0 Å². The first-order valence-corrected chi connectivity index (χ1v) is 10.5. The number of carbonyl (C=O) groups is 1. The number of nitrogens with zero attached hydrogens (tertiary/aromatic N) is 2. The third-order valence-corrected chi connectivity index (χ3v) is 5.03. The minimum Gasteiger partial charge on any atom is -0.496 e. The first-order valence-electron chi connectivity index (χ1n) is 10.5. The first kappa shape index (κ1) is 24.4. The van der Waals surface area contributed by atoms with E-state index >= 15 is 0 Å². The number of nitrogens with one attached hydrogen (secondary N) is 1. The van der Waals surface area contributed by atoms with E-state index in [1.54, 1.807) is 13.0 Å². The second kappa shape index (κ2) is 9.30. The van der Waals surface area contributed by atoms with Crippen LogP contribution in [-0.4, -0.2) is 35.0 Å². The topological polar surface area (TPSA) is 73.3 Å². The van der Waals surface area contributed by atoms with E-state index in [1.807, 2.05) is 20.8 Å². The zero-order valence-electron chi connectivity index (χ0n) is 19.1. The minimum atomic E-state index is -4.46. The molecule has 1 heterocycles. The number of alkyl halides is 3. The molecule has 2 aromatic rings. The zero-order chi connectivity index (χ0) is 24.4. The molecule has 0 unspecified atom stereocenters. The van der Waals surface area contributed by atoms with Crippen LogP contribution in [0.5, 0.6) is 5.75 Å². The Hall–Kier alpha value is -3.28. The van der Waals surface area contributed by atoms with E-state index in [4.69, 9.17) is 9.47 Å². The van der Waals surface area contributed by atoms with Gasteiger partial charge in [-0.1, -0.05) is 5.92 Å². The average Bonchev–Trinajstić information content (AvgIpc) is 2.67. The van der Waals surface area contributed by atoms with Crippen LogP contribution in [0.25, 0.3) is 11.3 Å². The average molecular weight is 461 g/mol. The molecule has 6 nitrogen and oxygen atoms in total. The number of halogens is 3. The highest BCUT2D eigenvalue weighted by Crippen LogP contribution is 2.37. The highest BCUT2D eigenvalue weighted by atomic mass is 19.4. The number of amides is 1. The maximum atomic E-state index is 13.0. The van der Waals surface area contributed by atoms with Crippen molar-refractivity contribution in [2.75, 3.05) is 7.11 Å². The molecular formula is C24H26F3N3O3. The Bertz CT molecular complexity index is 1090. The number of methoxy groups -OCH3 is 1. The normalized spacial score (nSPS) is 17.9. The smallest absolute Gasteiger partial charge is 0.416 e. The van der Waals surface area contributed by atoms with Gasteiger partial charge in [0, 0.05) is 17.5 Å². The van der Waals surface area contributed by atoms with E-state index < -0.39 is 23.4 Å². The summed E-state index contributed by atoms with van der Waals surface area (Å²) in [5.41, 5.74) is 0.689. The van der Waals surface area contributed by atoms with Gasteiger partial charge >= 0.3 is 12.3 Å². The SMILES string of the molecule is COc1cc(C(F)(F)F)ccc1-c1nnc(C#CC2CC(NC(=O)OC(C)(C)C)C2)cc1C. The summed E-state index contributed by atoms with van der Waals surface area (Å²) in [5, 5.41) is 11.1. The van der Waals surface area contributed by atoms with E-state index in [0.29, 0.717) is 22.5 Å². The lowest BCUT2D eigenvalue weighted by atomic mass is 9.81. The molecule has 0 aliphatic heterocycles. The monoisotopic (exact) mass is 461 g/mol. The minimum absolute atomic E-state index is 0.0291. The van der Waals surface area contributed by atoms with Gasteiger partial charge in [0.15, 0.2) is 0 Å². The van der Waals surface area contributed by atoms with Gasteiger partial charge in [0.1, 0.15) is 17.0 Å². The summed E-state index contributed by atoms with van der Waals surface area (Å²) in [5.74, 6) is 6.31. The number of hydrogen-bond donors (Lipinski definition) is 1. The van der Waals surface area contributed by atoms with Crippen LogP contribution in [0.3, 0.4) is 0 Å². The molecule has 0 saturated heterocycles. The molecule has 3 rings (SSSR count). The van der Waals surface area contributed by atoms with Crippen molar-refractivity contribution in [3.8, 4) is 28.8 Å². The molecule has 1 aliphatic carbocycles. The van der Waals surface area contributed by atoms with Gasteiger partial charge in [0.2, 0.25) is 0 Å². The van der Waals surface area contributed by atoms with Crippen molar-refractivity contribution in [2.24, 2.45) is 5.92 Å². The van der Waals surface area contributed by atoms with Crippen LogP contribution in [-0.2, 0) is 10.9 Å². The molecule has 1 N–H and O–H groups in total. The summed E-state index contributed by atoms with van der Waals surface area (Å²) in [7, 11) is 1.31. The molecule has 0 radical (unpaired) electrons. The molecule has 1 amide bonds. The van der Waals surface area contributed by atoms with E-state index in [9.17, 15) is 18.0 Å². The Balaban J connectivity index is 1.65. The lowest BCUT2D eigenvalue weighted by Gasteiger charge is -2.33. The summed E-state index contributed by atoms with van der Waals surface area (Å²) in [4.78, 5) is 11.8. The van der Waals surface area contributed by atoms with Crippen molar-refractivity contribution in [1.29, 1.82) is 0 Å². The van der Waals surface area contributed by atoms with Crippen molar-refractivity contribution in [1.82, 2.24) is 15.5 Å². The van der Waals surface area contributed by atoms with Gasteiger partial charge < -0.3 is 14.8 Å². The lowest BCUT2D eigenvalue weighted by molar-refractivity contribution is -0.137. The highest BCUT2D eigenvalue weighted by molar-refractivity contribution is 5.70. The summed E-state index contributed by atoms with van der Waals surface area (Å²) in [6.45, 7) is 7.22. The van der Waals surface area contributed by atoms with E-state index in [2.05, 4.69) is 27.4 Å². The van der Waals surface area contributed by atoms with Crippen LogP contribution in [0, 0.1) is 24.7 Å². The van der Waals surface area contributed by atoms with Gasteiger partial charge in [0.25, 0.3) is 0 Å². The second-order valence-corrected chi connectivity index (χ2v) is 8.95. The number of rotatable bonds is 3. The van der Waals surface area contributed by atoms with Crippen LogP contribution >= 0.6 is 0 Å². The predicted molar refractivity (Wildman–Crippen MR) is 117 cm³/mol. The summed E-state index contributed by atoms with van der Waals surface area (Å²) in [6.07, 6.45) is -3.46. The molecule has 1 aromatic carbocycles. The fourth-order valence-corrected chi connectivity index (χ4v) is 3.38. The van der Waals surface area contributed by atoms with Crippen LogP contribution < -0.4 is 10.1 Å². The molecule has 1 saturated carbocycles. The molecule has 9 heteroatoms. The Labute approximate surface area is 190 Å². The largest absolute Gasteiger partial charge is 0.496 e. The molecule has 1 aromatic heterocycles. The van der Waals surface area contributed by atoms with Crippen LogP contribution in [0.4, 0.5) is 18.0 Å². The molecule has 1 aliphatic rings. The Morgan fingerprint density at radius 2 is 1.85 bits per heavy atom. The quantitative estimate of drug-likeness (QED) is 0.642. The number of alkyl carbamates (subject to hydrolysis) is 1. The van der Waals surface area contributed by atoms with Crippen molar-refractivity contribution >= 4 is 6.09 Å². The lowest BCUT2D eigenvalue weighted by Crippen LogP contribution is -2.45. The van der Waals surface area contributed by atoms with E-state index in [0.717, 1.165) is 25.0 Å². The number of hydrogen-bond acceptors (Lipinski definition) is 5. The number of ether oxygens (including phenoxy) is 2. The molecule has 1 fully saturated rings. The third kappa shape index (κ3) is 6.37. The molecule has 0 atom stereocenters. The van der Waals surface area contributed by atoms with Gasteiger partial charge in [-0.05, 0) is 76.3 Å². The fourth-order valence-electron chi connectivity index (χ4n) is 3.38. The number of carbonyl (C=O) groups excluding carboxylic acids is 1. The molecule has 0 spiro atoms. The van der Waals surface area contributed by atoms with Gasteiger partial charge in [-0.2, -0.15) is 13.2 Å². The van der Waals surface area contributed by atoms with Gasteiger partial charge in [0.05, 0.1) is 18.4 Å². The molecule has 0 bridgehead atoms. The maximum absolute atomic E-state index is 13.0. The van der Waals surface area contributed by atoms with E-state index in [-0.39, 0.29) is 17.7 Å². The number of benzene rings is 1. The first-order chi connectivity index (χ1) is 15.4. The highest BCUT2D eigenvalue weighted by Gasteiger charge is 2.32. The van der Waals surface area contributed by atoms with Crippen LogP contribution in [0.2, 0.25) is 0 Å². The predicted octanol–water partition coefficient (Wildman–Crippen LogP) is 5.13. The summed E-state index contributed by atoms with van der Waals surface area (Å²) >= 11 is 0. The van der Waals surface area contributed by atoms with Crippen molar-refractivity contribution < 1.29 is 27.4 Å². The second-order valence-electron chi connectivity index (χ2n) is 8.95. The Kier molecular flexibility index (Phi) is 6.86. The standard InChI is InChI=1S/C24H26F3N3O3/c1-14-10-17(8-6-15-11-18(12-15)28-22(31)33-23(2,3)4)29-30-21(14)19-9-7-16(24(25,26)27)13-20(19)32-5/h7,9-10,13,15,18H,11-12H2,1-5H3,(H,28,31). The Morgan fingerprint density at radius 1 is 1.15 bits per heavy atom. The van der Waals surface area contributed by atoms with Crippen LogP contribution in [0.15, 0.2) is 24.3 Å². The van der Waals surface area contributed by atoms with Gasteiger partial charge in [-0.15, -0.1) is 10.2 Å². The number of aryl methyl sites for hydroxylation is 1. The molecule has 176 valence electrons. The Morgan fingerprint density at radius 3 is 2.42 bits per heavy atom. The molecular weight excluding hydrogens is 435 g/mol. The van der Waals surface area contributed by atoms with Gasteiger partial charge in [-0.3, -0.25) is 0 Å². The van der Waals surface area contributed by atoms with Crippen LogP contribution in [0.1, 0.15) is 50.4 Å². The van der Waals surface area contributed by atoms with Crippen molar-refractivity contribution in [3.05, 3.63) is 41.1 Å². The summed E-state index contributed by atoms with van der Waals surface area (Å²) < 4.78 is 49.3. The van der Waals surface area contributed by atoms with E-state index in [1.165, 1.54) is 13.2 Å².